The first-order valence-corrected chi connectivity index (χ1v) is 11.5. The van der Waals surface area contributed by atoms with Crippen LogP contribution in [0.25, 0.3) is 0 Å². The van der Waals surface area contributed by atoms with Crippen LogP contribution in [-0.2, 0) is 16.0 Å². The van der Waals surface area contributed by atoms with E-state index in [-0.39, 0.29) is 24.1 Å². The Kier molecular flexibility index (Phi) is 8.15. The second-order valence-electron chi connectivity index (χ2n) is 8.62. The third-order valence-electron chi connectivity index (χ3n) is 6.12. The Bertz CT molecular complexity index is 1150. The number of pyridine rings is 1. The molecule has 183 valence electrons. The van der Waals surface area contributed by atoms with E-state index in [0.717, 1.165) is 6.20 Å². The fourth-order valence-corrected chi connectivity index (χ4v) is 4.25. The first kappa shape index (κ1) is 24.9. The van der Waals surface area contributed by atoms with Gasteiger partial charge in [-0.1, -0.05) is 18.2 Å². The largest absolute Gasteiger partial charge is 0.375 e. The van der Waals surface area contributed by atoms with E-state index < -0.39 is 29.3 Å². The number of nitrogens with one attached hydrogen (secondary N) is 2. The summed E-state index contributed by atoms with van der Waals surface area (Å²) in [6, 6.07) is 11.6. The van der Waals surface area contributed by atoms with Crippen molar-refractivity contribution >= 4 is 11.6 Å². The Hall–Kier alpha value is -3.23. The fraction of sp³-hybridized carbons (Fsp3) is 0.296. The molecule has 3 aromatic rings. The van der Waals surface area contributed by atoms with E-state index in [4.69, 9.17) is 4.74 Å². The van der Waals surface area contributed by atoms with Crippen molar-refractivity contribution in [1.82, 2.24) is 10.3 Å². The number of rotatable bonds is 8. The molecule has 35 heavy (non-hydrogen) atoms. The minimum absolute atomic E-state index is 0.0360. The van der Waals surface area contributed by atoms with Crippen molar-refractivity contribution in [3.8, 4) is 0 Å². The number of halogens is 3. The average molecular weight is 483 g/mol. The van der Waals surface area contributed by atoms with Crippen molar-refractivity contribution in [3.63, 3.8) is 0 Å². The van der Waals surface area contributed by atoms with Crippen molar-refractivity contribution < 1.29 is 22.7 Å². The summed E-state index contributed by atoms with van der Waals surface area (Å²) in [5.41, 5.74) is 1.60. The molecule has 1 aliphatic rings. The van der Waals surface area contributed by atoms with Crippen molar-refractivity contribution in [1.29, 1.82) is 0 Å². The van der Waals surface area contributed by atoms with Crippen molar-refractivity contribution in [2.24, 2.45) is 0 Å². The third-order valence-corrected chi connectivity index (χ3v) is 6.12. The van der Waals surface area contributed by atoms with Crippen LogP contribution < -0.4 is 10.6 Å². The van der Waals surface area contributed by atoms with E-state index in [1.54, 1.807) is 6.07 Å². The summed E-state index contributed by atoms with van der Waals surface area (Å²) >= 11 is 0. The molecule has 1 radical (unpaired) electrons. The molecule has 1 saturated heterocycles. The minimum Gasteiger partial charge on any atom is -0.375 e. The van der Waals surface area contributed by atoms with Crippen LogP contribution in [0.15, 0.2) is 60.9 Å². The average Bonchev–Trinajstić information content (AvgIpc) is 2.84. The van der Waals surface area contributed by atoms with Gasteiger partial charge in [0.25, 0.3) is 0 Å². The lowest BCUT2D eigenvalue weighted by Crippen LogP contribution is -2.45. The van der Waals surface area contributed by atoms with Crippen LogP contribution in [0.3, 0.4) is 0 Å². The highest BCUT2D eigenvalue weighted by Gasteiger charge is 2.23. The lowest BCUT2D eigenvalue weighted by molar-refractivity contribution is -0.116. The smallest absolute Gasteiger partial charge is 0.225 e. The van der Waals surface area contributed by atoms with Gasteiger partial charge in [0.05, 0.1) is 18.9 Å². The third kappa shape index (κ3) is 6.46. The topological polar surface area (TPSA) is 63.2 Å². The number of carbonyl (C=O) groups is 1. The van der Waals surface area contributed by atoms with Crippen LogP contribution in [0.2, 0.25) is 0 Å². The summed E-state index contributed by atoms with van der Waals surface area (Å²) < 4.78 is 48.5. The van der Waals surface area contributed by atoms with E-state index in [0.29, 0.717) is 42.8 Å². The van der Waals surface area contributed by atoms with Crippen LogP contribution >= 0.6 is 0 Å². The minimum atomic E-state index is -0.673. The molecule has 5 nitrogen and oxygen atoms in total. The Balaban J connectivity index is 1.50. The molecule has 0 aliphatic carbocycles. The van der Waals surface area contributed by atoms with Gasteiger partial charge in [0.1, 0.15) is 17.5 Å². The van der Waals surface area contributed by atoms with E-state index in [1.807, 2.05) is 0 Å². The normalized spacial score (nSPS) is 18.7. The molecule has 1 aliphatic heterocycles. The Morgan fingerprint density at radius 1 is 1.14 bits per heavy atom. The number of hydrogen-bond acceptors (Lipinski definition) is 4. The van der Waals surface area contributed by atoms with Crippen LogP contribution in [0, 0.1) is 24.4 Å². The SMILES string of the molecule is [CH2][C@H]1CO[C@H](CCc2c(F)cccc2NC(=O)C[C@@H](c2ccc(F)cc2)c2ccncc2F)CN1. The van der Waals surface area contributed by atoms with E-state index in [2.05, 4.69) is 22.5 Å². The van der Waals surface area contributed by atoms with Crippen LogP contribution in [0.5, 0.6) is 0 Å². The number of ether oxygens (including phenoxy) is 1. The molecule has 1 aromatic heterocycles. The number of morpholine rings is 1. The monoisotopic (exact) mass is 482 g/mol. The molecule has 2 aromatic carbocycles. The number of amides is 1. The van der Waals surface area contributed by atoms with Gasteiger partial charge in [0.2, 0.25) is 5.91 Å². The highest BCUT2D eigenvalue weighted by molar-refractivity contribution is 5.92. The van der Waals surface area contributed by atoms with Gasteiger partial charge in [-0.2, -0.15) is 0 Å². The molecule has 1 fully saturated rings. The summed E-state index contributed by atoms with van der Waals surface area (Å²) in [7, 11) is 0. The van der Waals surface area contributed by atoms with Gasteiger partial charge in [-0.15, -0.1) is 0 Å². The van der Waals surface area contributed by atoms with Gasteiger partial charge >= 0.3 is 0 Å². The van der Waals surface area contributed by atoms with Crippen LogP contribution in [0.4, 0.5) is 18.9 Å². The van der Waals surface area contributed by atoms with Crippen LogP contribution in [0.1, 0.15) is 35.4 Å². The van der Waals surface area contributed by atoms with Crippen molar-refractivity contribution in [2.45, 2.75) is 37.3 Å². The summed E-state index contributed by atoms with van der Waals surface area (Å²) in [6.07, 6.45) is 3.27. The Labute approximate surface area is 202 Å². The molecule has 0 unspecified atom stereocenters. The molecule has 1 amide bonds. The highest BCUT2D eigenvalue weighted by Crippen LogP contribution is 2.31. The first-order chi connectivity index (χ1) is 16.9. The zero-order chi connectivity index (χ0) is 24.8. The van der Waals surface area contributed by atoms with Gasteiger partial charge < -0.3 is 15.4 Å². The van der Waals surface area contributed by atoms with Gasteiger partial charge in [-0.25, -0.2) is 13.2 Å². The number of carbonyl (C=O) groups excluding carboxylic acids is 1. The summed E-state index contributed by atoms with van der Waals surface area (Å²) in [6.45, 7) is 5.01. The number of hydrogen-bond donors (Lipinski definition) is 2. The second kappa shape index (κ2) is 11.5. The maximum absolute atomic E-state index is 14.7. The van der Waals surface area contributed by atoms with Crippen molar-refractivity contribution in [3.05, 3.63) is 102 Å². The second-order valence-corrected chi connectivity index (χ2v) is 8.62. The lowest BCUT2D eigenvalue weighted by atomic mass is 9.88. The molecule has 2 N–H and O–H groups in total. The van der Waals surface area contributed by atoms with Gasteiger partial charge in [0.15, 0.2) is 0 Å². The molecule has 3 atom stereocenters. The highest BCUT2D eigenvalue weighted by atomic mass is 19.1. The number of anilines is 1. The zero-order valence-corrected chi connectivity index (χ0v) is 19.1. The van der Waals surface area contributed by atoms with E-state index >= 15 is 0 Å². The molecule has 8 heteroatoms. The van der Waals surface area contributed by atoms with Gasteiger partial charge in [-0.05, 0) is 61.2 Å². The zero-order valence-electron chi connectivity index (χ0n) is 19.1. The summed E-state index contributed by atoms with van der Waals surface area (Å²) in [5, 5.41) is 6.02. The first-order valence-electron chi connectivity index (χ1n) is 11.5. The predicted octanol–water partition coefficient (Wildman–Crippen LogP) is 4.78. The quantitative estimate of drug-likeness (QED) is 0.485. The number of benzene rings is 2. The van der Waals surface area contributed by atoms with Gasteiger partial charge in [-0.3, -0.25) is 9.78 Å². The maximum Gasteiger partial charge on any atom is 0.225 e. The Morgan fingerprint density at radius 2 is 1.94 bits per heavy atom. The van der Waals surface area contributed by atoms with E-state index in [9.17, 15) is 18.0 Å². The summed E-state index contributed by atoms with van der Waals surface area (Å²) in [5.74, 6) is -2.51. The van der Waals surface area contributed by atoms with Crippen LogP contribution in [-0.4, -0.2) is 36.2 Å². The maximum atomic E-state index is 14.7. The van der Waals surface area contributed by atoms with Gasteiger partial charge in [0, 0.05) is 42.4 Å². The number of aromatic nitrogens is 1. The molecule has 0 spiro atoms. The molecular formula is C27H27F3N3O2. The predicted molar refractivity (Wildman–Crippen MR) is 127 cm³/mol. The molecule has 4 rings (SSSR count). The molecule has 0 bridgehead atoms. The fourth-order valence-electron chi connectivity index (χ4n) is 4.25. The van der Waals surface area contributed by atoms with E-state index in [1.165, 1.54) is 48.7 Å². The molecular weight excluding hydrogens is 455 g/mol. The Morgan fingerprint density at radius 3 is 2.66 bits per heavy atom. The molecule has 0 saturated carbocycles. The molecule has 2 heterocycles. The number of nitrogens with zero attached hydrogens (tertiary/aromatic N) is 1. The standard InChI is InChI=1S/C27H27F3N3O2/c1-17-16-35-20(14-32-17)9-10-22-24(29)3-2-4-26(22)33-27(34)13-23(18-5-7-19(28)8-6-18)21-11-12-31-15-25(21)30/h2-8,11-12,15,17,20,23,32H,1,9-10,13-14,16H2,(H,33,34)/t17-,20+,23-/m0/s1. The van der Waals surface area contributed by atoms with Crippen molar-refractivity contribution in [2.75, 3.05) is 18.5 Å². The lowest BCUT2D eigenvalue weighted by Gasteiger charge is -2.28. The summed E-state index contributed by atoms with van der Waals surface area (Å²) in [4.78, 5) is 16.8.